The Kier molecular flexibility index (Phi) is 8.76. The Hall–Kier alpha value is -0.810. The van der Waals surface area contributed by atoms with Crippen LogP contribution in [0.25, 0.3) is 0 Å². The van der Waals surface area contributed by atoms with Crippen molar-refractivity contribution >= 4 is 24.3 Å². The van der Waals surface area contributed by atoms with Gasteiger partial charge in [-0.2, -0.15) is 0 Å². The predicted octanol–water partition coefficient (Wildman–Crippen LogP) is 1.65. The molecule has 1 aliphatic carbocycles. The molecule has 0 radical (unpaired) electrons. The summed E-state index contributed by atoms with van der Waals surface area (Å²) in [5.41, 5.74) is 0. The van der Waals surface area contributed by atoms with Gasteiger partial charge in [0.25, 0.3) is 0 Å². The second-order valence-electron chi connectivity index (χ2n) is 5.03. The minimum atomic E-state index is -0.885. The Morgan fingerprint density at radius 1 is 1.37 bits per heavy atom. The minimum Gasteiger partial charge on any atom is -0.480 e. The van der Waals surface area contributed by atoms with Crippen LogP contribution in [0, 0.1) is 0 Å². The predicted molar refractivity (Wildman–Crippen MR) is 76.6 cm³/mol. The molecule has 0 bridgehead atoms. The van der Waals surface area contributed by atoms with Gasteiger partial charge in [-0.3, -0.25) is 14.5 Å². The lowest BCUT2D eigenvalue weighted by molar-refractivity contribution is -0.139. The SMILES string of the molecule is CCCN(CC(=O)O)C(C)C(=O)NC1CCCC1.Cl. The van der Waals surface area contributed by atoms with Gasteiger partial charge in [-0.1, -0.05) is 19.8 Å². The van der Waals surface area contributed by atoms with E-state index in [0.717, 1.165) is 19.3 Å². The van der Waals surface area contributed by atoms with E-state index in [0.29, 0.717) is 6.54 Å². The monoisotopic (exact) mass is 292 g/mol. The molecule has 1 aliphatic rings. The highest BCUT2D eigenvalue weighted by Gasteiger charge is 2.25. The van der Waals surface area contributed by atoms with Gasteiger partial charge in [-0.25, -0.2) is 0 Å². The number of carboxylic acids is 1. The fraction of sp³-hybridized carbons (Fsp3) is 0.846. The molecule has 1 rings (SSSR count). The number of carboxylic acid groups (broad SMARTS) is 1. The van der Waals surface area contributed by atoms with Crippen LogP contribution in [0.5, 0.6) is 0 Å². The average Bonchev–Trinajstić information content (AvgIpc) is 2.79. The maximum absolute atomic E-state index is 12.1. The van der Waals surface area contributed by atoms with E-state index in [1.165, 1.54) is 12.8 Å². The number of hydrogen-bond acceptors (Lipinski definition) is 3. The highest BCUT2D eigenvalue weighted by atomic mass is 35.5. The summed E-state index contributed by atoms with van der Waals surface area (Å²) >= 11 is 0. The lowest BCUT2D eigenvalue weighted by Gasteiger charge is -2.27. The van der Waals surface area contributed by atoms with E-state index in [4.69, 9.17) is 5.11 Å². The molecule has 1 atom stereocenters. The second kappa shape index (κ2) is 9.15. The summed E-state index contributed by atoms with van der Waals surface area (Å²) in [5, 5.41) is 11.9. The Morgan fingerprint density at radius 3 is 2.42 bits per heavy atom. The van der Waals surface area contributed by atoms with Gasteiger partial charge in [0.15, 0.2) is 0 Å². The summed E-state index contributed by atoms with van der Waals surface area (Å²) in [4.78, 5) is 24.5. The van der Waals surface area contributed by atoms with Crippen molar-refractivity contribution in [1.82, 2.24) is 10.2 Å². The van der Waals surface area contributed by atoms with Crippen LogP contribution in [-0.4, -0.2) is 47.1 Å². The van der Waals surface area contributed by atoms with Crippen molar-refractivity contribution in [3.63, 3.8) is 0 Å². The smallest absolute Gasteiger partial charge is 0.317 e. The van der Waals surface area contributed by atoms with E-state index < -0.39 is 5.97 Å². The first-order chi connectivity index (χ1) is 8.54. The van der Waals surface area contributed by atoms with E-state index in [-0.39, 0.29) is 36.9 Å². The number of nitrogens with one attached hydrogen (secondary N) is 1. The number of rotatable bonds is 7. The summed E-state index contributed by atoms with van der Waals surface area (Å²) < 4.78 is 0. The first-order valence-electron chi connectivity index (χ1n) is 6.80. The number of carbonyl (C=O) groups excluding carboxylic acids is 1. The number of carbonyl (C=O) groups is 2. The highest BCUT2D eigenvalue weighted by Crippen LogP contribution is 2.18. The van der Waals surface area contributed by atoms with Crippen LogP contribution >= 0.6 is 12.4 Å². The quantitative estimate of drug-likeness (QED) is 0.749. The van der Waals surface area contributed by atoms with E-state index in [9.17, 15) is 9.59 Å². The van der Waals surface area contributed by atoms with Crippen molar-refractivity contribution in [2.75, 3.05) is 13.1 Å². The fourth-order valence-electron chi connectivity index (χ4n) is 2.43. The standard InChI is InChI=1S/C13H24N2O3.ClH/c1-3-8-15(9-12(16)17)10(2)13(18)14-11-6-4-5-7-11;/h10-11H,3-9H2,1-2H3,(H,14,18)(H,16,17);1H. The van der Waals surface area contributed by atoms with Gasteiger partial charge >= 0.3 is 5.97 Å². The van der Waals surface area contributed by atoms with Crippen molar-refractivity contribution in [2.24, 2.45) is 0 Å². The summed E-state index contributed by atoms with van der Waals surface area (Å²) in [7, 11) is 0. The van der Waals surface area contributed by atoms with Crippen LogP contribution < -0.4 is 5.32 Å². The van der Waals surface area contributed by atoms with Crippen LogP contribution in [0.3, 0.4) is 0 Å². The van der Waals surface area contributed by atoms with Crippen LogP contribution in [0.1, 0.15) is 46.0 Å². The van der Waals surface area contributed by atoms with E-state index in [1.807, 2.05) is 6.92 Å². The average molecular weight is 293 g/mol. The summed E-state index contributed by atoms with van der Waals surface area (Å²) in [5.74, 6) is -0.930. The normalized spacial score (nSPS) is 17.0. The van der Waals surface area contributed by atoms with Crippen molar-refractivity contribution < 1.29 is 14.7 Å². The third kappa shape index (κ3) is 6.25. The number of nitrogens with zero attached hydrogens (tertiary/aromatic N) is 1. The molecule has 0 aromatic rings. The van der Waals surface area contributed by atoms with Gasteiger partial charge in [0, 0.05) is 6.04 Å². The number of halogens is 1. The molecule has 0 saturated heterocycles. The Bertz CT molecular complexity index is 294. The van der Waals surface area contributed by atoms with Crippen molar-refractivity contribution in [2.45, 2.75) is 58.0 Å². The summed E-state index contributed by atoms with van der Waals surface area (Å²) in [6.07, 6.45) is 5.28. The maximum Gasteiger partial charge on any atom is 0.317 e. The van der Waals surface area contributed by atoms with Crippen LogP contribution in [0.4, 0.5) is 0 Å². The molecular weight excluding hydrogens is 268 g/mol. The van der Waals surface area contributed by atoms with Crippen molar-refractivity contribution in [1.29, 1.82) is 0 Å². The maximum atomic E-state index is 12.1. The molecule has 0 heterocycles. The van der Waals surface area contributed by atoms with Crippen molar-refractivity contribution in [3.05, 3.63) is 0 Å². The molecule has 0 aliphatic heterocycles. The molecule has 1 amide bonds. The minimum absolute atomic E-state index is 0. The first kappa shape index (κ1) is 18.2. The van der Waals surface area contributed by atoms with Gasteiger partial charge in [-0.05, 0) is 32.7 Å². The molecule has 5 nitrogen and oxygen atoms in total. The van der Waals surface area contributed by atoms with Crippen molar-refractivity contribution in [3.8, 4) is 0 Å². The van der Waals surface area contributed by atoms with E-state index >= 15 is 0 Å². The summed E-state index contributed by atoms with van der Waals surface area (Å²) in [6, 6.07) is -0.0881. The molecule has 19 heavy (non-hydrogen) atoms. The molecule has 1 unspecified atom stereocenters. The van der Waals surface area contributed by atoms with Gasteiger partial charge < -0.3 is 10.4 Å². The van der Waals surface area contributed by atoms with Gasteiger partial charge in [0.2, 0.25) is 5.91 Å². The topological polar surface area (TPSA) is 69.6 Å². The summed E-state index contributed by atoms with van der Waals surface area (Å²) in [6.45, 7) is 4.32. The third-order valence-corrected chi connectivity index (χ3v) is 3.48. The Balaban J connectivity index is 0.00000324. The lowest BCUT2D eigenvalue weighted by atomic mass is 10.2. The Labute approximate surface area is 121 Å². The van der Waals surface area contributed by atoms with Gasteiger partial charge in [0.1, 0.15) is 0 Å². The van der Waals surface area contributed by atoms with Crippen LogP contribution in [0.15, 0.2) is 0 Å². The van der Waals surface area contributed by atoms with Gasteiger partial charge in [-0.15, -0.1) is 12.4 Å². The molecule has 112 valence electrons. The zero-order chi connectivity index (χ0) is 13.5. The lowest BCUT2D eigenvalue weighted by Crippen LogP contribution is -2.49. The molecule has 0 spiro atoms. The fourth-order valence-corrected chi connectivity index (χ4v) is 2.43. The van der Waals surface area contributed by atoms with E-state index in [2.05, 4.69) is 5.32 Å². The number of aliphatic carboxylic acids is 1. The van der Waals surface area contributed by atoms with E-state index in [1.54, 1.807) is 11.8 Å². The molecule has 0 aromatic heterocycles. The molecule has 2 N–H and O–H groups in total. The number of amides is 1. The highest BCUT2D eigenvalue weighted by molar-refractivity contribution is 5.85. The zero-order valence-electron chi connectivity index (χ0n) is 11.7. The molecule has 1 fully saturated rings. The second-order valence-corrected chi connectivity index (χ2v) is 5.03. The third-order valence-electron chi connectivity index (χ3n) is 3.48. The molecular formula is C13H25ClN2O3. The largest absolute Gasteiger partial charge is 0.480 e. The zero-order valence-corrected chi connectivity index (χ0v) is 12.5. The first-order valence-corrected chi connectivity index (χ1v) is 6.80. The number of hydrogen-bond donors (Lipinski definition) is 2. The molecule has 0 aromatic carbocycles. The van der Waals surface area contributed by atoms with Crippen LogP contribution in [0.2, 0.25) is 0 Å². The Morgan fingerprint density at radius 2 is 1.95 bits per heavy atom. The molecule has 6 heteroatoms. The van der Waals surface area contributed by atoms with Crippen LogP contribution in [-0.2, 0) is 9.59 Å². The molecule has 1 saturated carbocycles. The van der Waals surface area contributed by atoms with Gasteiger partial charge in [0.05, 0.1) is 12.6 Å².